The molecule has 1 aromatic carbocycles. The van der Waals surface area contributed by atoms with Crippen molar-refractivity contribution in [1.29, 1.82) is 0 Å². The fourth-order valence-electron chi connectivity index (χ4n) is 3.06. The highest BCUT2D eigenvalue weighted by Crippen LogP contribution is 2.24. The van der Waals surface area contributed by atoms with E-state index in [0.29, 0.717) is 16.7 Å². The first-order valence-corrected chi connectivity index (χ1v) is 9.85. The van der Waals surface area contributed by atoms with Gasteiger partial charge >= 0.3 is 0 Å². The number of nitrogen functional groups attached to an aromatic ring is 1. The van der Waals surface area contributed by atoms with Crippen LogP contribution in [0.15, 0.2) is 36.7 Å². The van der Waals surface area contributed by atoms with Gasteiger partial charge in [0.05, 0.1) is 0 Å². The second kappa shape index (κ2) is 8.20. The first-order chi connectivity index (χ1) is 12.1. The van der Waals surface area contributed by atoms with Crippen molar-refractivity contribution in [3.05, 3.63) is 47.9 Å². The van der Waals surface area contributed by atoms with Gasteiger partial charge in [-0.1, -0.05) is 31.4 Å². The maximum atomic E-state index is 12.6. The summed E-state index contributed by atoms with van der Waals surface area (Å²) < 4.78 is 12.6. The minimum atomic E-state index is -0.873. The average Bonchev–Trinajstić information content (AvgIpc) is 2.63. The number of aromatic nitrogens is 2. The topological polar surface area (TPSA) is 98.0 Å². The molecule has 0 aliphatic heterocycles. The van der Waals surface area contributed by atoms with Crippen LogP contribution in [0, 0.1) is 0 Å². The molecule has 0 bridgehead atoms. The smallest absolute Gasteiger partial charge is 0.278 e. The Hall–Kier alpha value is -2.28. The zero-order valence-corrected chi connectivity index (χ0v) is 14.8. The Morgan fingerprint density at radius 1 is 1.20 bits per heavy atom. The Morgan fingerprint density at radius 3 is 2.72 bits per heavy atom. The highest BCUT2D eigenvalue weighted by atomic mass is 32.2. The Bertz CT molecular complexity index is 775. The van der Waals surface area contributed by atoms with Crippen molar-refractivity contribution in [3.63, 3.8) is 0 Å². The molecule has 0 saturated heterocycles. The molecule has 1 saturated carbocycles. The van der Waals surface area contributed by atoms with Crippen LogP contribution in [0.5, 0.6) is 0 Å². The normalized spacial score (nSPS) is 16.3. The minimum Gasteiger partial charge on any atom is -0.382 e. The highest BCUT2D eigenvalue weighted by molar-refractivity contribution is 7.84. The van der Waals surface area contributed by atoms with Crippen LogP contribution >= 0.6 is 0 Å². The summed E-state index contributed by atoms with van der Waals surface area (Å²) in [4.78, 5) is 20.1. The molecular formula is C18H22N4O2S. The molecule has 3 rings (SSSR count). The number of anilines is 2. The lowest BCUT2D eigenvalue weighted by Crippen LogP contribution is -2.20. The standard InChI is InChI=1S/C18H22N4O2S/c19-17-16(20-9-10-21-17)18(23)22-14-6-4-5-13(11-14)12-25(24)15-7-2-1-3-8-15/h4-6,9-11,15H,1-3,7-8,12H2,(H2,19,21)(H,22,23). The number of benzene rings is 1. The molecule has 1 amide bonds. The van der Waals surface area contributed by atoms with Gasteiger partial charge in [0.2, 0.25) is 0 Å². The molecule has 1 aliphatic carbocycles. The van der Waals surface area contributed by atoms with Crippen molar-refractivity contribution in [1.82, 2.24) is 9.97 Å². The van der Waals surface area contributed by atoms with E-state index < -0.39 is 16.7 Å². The van der Waals surface area contributed by atoms with Crippen LogP contribution in [-0.2, 0) is 16.6 Å². The van der Waals surface area contributed by atoms with Crippen LogP contribution in [0.1, 0.15) is 48.2 Å². The van der Waals surface area contributed by atoms with Crippen LogP contribution in [0.25, 0.3) is 0 Å². The molecule has 1 fully saturated rings. The number of rotatable bonds is 5. The zero-order chi connectivity index (χ0) is 17.6. The van der Waals surface area contributed by atoms with E-state index >= 15 is 0 Å². The highest BCUT2D eigenvalue weighted by Gasteiger charge is 2.20. The molecule has 7 heteroatoms. The third-order valence-electron chi connectivity index (χ3n) is 4.36. The van der Waals surface area contributed by atoms with E-state index in [1.165, 1.54) is 31.7 Å². The SMILES string of the molecule is Nc1nccnc1C(=O)Nc1cccc(CS(=O)C2CCCCC2)c1. The monoisotopic (exact) mass is 358 g/mol. The molecule has 0 spiro atoms. The van der Waals surface area contributed by atoms with Gasteiger partial charge in [0.15, 0.2) is 11.5 Å². The largest absolute Gasteiger partial charge is 0.382 e. The summed E-state index contributed by atoms with van der Waals surface area (Å²) in [7, 11) is -0.873. The maximum Gasteiger partial charge on any atom is 0.278 e. The molecule has 1 aromatic heterocycles. The van der Waals surface area contributed by atoms with Gasteiger partial charge in [0.25, 0.3) is 5.91 Å². The number of carbonyl (C=O) groups is 1. The van der Waals surface area contributed by atoms with E-state index in [1.807, 2.05) is 18.2 Å². The second-order valence-electron chi connectivity index (χ2n) is 6.23. The quantitative estimate of drug-likeness (QED) is 0.856. The first kappa shape index (κ1) is 17.5. The van der Waals surface area contributed by atoms with Crippen molar-refractivity contribution >= 4 is 28.2 Å². The molecule has 1 atom stereocenters. The minimum absolute atomic E-state index is 0.0922. The maximum absolute atomic E-state index is 12.6. The number of carbonyl (C=O) groups excluding carboxylic acids is 1. The van der Waals surface area contributed by atoms with Crippen LogP contribution in [0.2, 0.25) is 0 Å². The number of nitrogens with two attached hydrogens (primary N) is 1. The molecule has 1 heterocycles. The molecule has 1 unspecified atom stereocenters. The van der Waals surface area contributed by atoms with E-state index in [1.54, 1.807) is 6.07 Å². The molecule has 3 N–H and O–H groups in total. The van der Waals surface area contributed by atoms with Gasteiger partial charge < -0.3 is 11.1 Å². The summed E-state index contributed by atoms with van der Waals surface area (Å²) in [6, 6.07) is 7.43. The van der Waals surface area contributed by atoms with E-state index in [-0.39, 0.29) is 11.5 Å². The predicted molar refractivity (Wildman–Crippen MR) is 99.6 cm³/mol. The van der Waals surface area contributed by atoms with Gasteiger partial charge in [-0.2, -0.15) is 0 Å². The van der Waals surface area contributed by atoms with Gasteiger partial charge in [-0.05, 0) is 30.5 Å². The third-order valence-corrected chi connectivity index (χ3v) is 6.19. The molecule has 132 valence electrons. The van der Waals surface area contributed by atoms with Gasteiger partial charge in [-0.25, -0.2) is 9.97 Å². The number of hydrogen-bond acceptors (Lipinski definition) is 5. The number of hydrogen-bond donors (Lipinski definition) is 2. The molecule has 6 nitrogen and oxygen atoms in total. The molecular weight excluding hydrogens is 336 g/mol. The van der Waals surface area contributed by atoms with Crippen LogP contribution in [0.4, 0.5) is 11.5 Å². The van der Waals surface area contributed by atoms with E-state index in [2.05, 4.69) is 15.3 Å². The summed E-state index contributed by atoms with van der Waals surface area (Å²) in [6.45, 7) is 0. The first-order valence-electron chi connectivity index (χ1n) is 8.47. The Balaban J connectivity index is 1.66. The molecule has 1 aliphatic rings. The molecule has 2 aromatic rings. The number of nitrogens with zero attached hydrogens (tertiary/aromatic N) is 2. The van der Waals surface area contributed by atoms with Crippen molar-refractivity contribution in [2.75, 3.05) is 11.1 Å². The fourth-order valence-corrected chi connectivity index (χ4v) is 4.67. The van der Waals surface area contributed by atoms with Crippen molar-refractivity contribution in [3.8, 4) is 0 Å². The Labute approximate surface area is 149 Å². The summed E-state index contributed by atoms with van der Waals surface area (Å²) in [5, 5.41) is 3.07. The fraction of sp³-hybridized carbons (Fsp3) is 0.389. The van der Waals surface area contributed by atoms with E-state index in [0.717, 1.165) is 18.4 Å². The number of amides is 1. The van der Waals surface area contributed by atoms with Gasteiger partial charge in [0, 0.05) is 39.9 Å². The lowest BCUT2D eigenvalue weighted by Gasteiger charge is -2.21. The third kappa shape index (κ3) is 4.63. The summed E-state index contributed by atoms with van der Waals surface area (Å²) >= 11 is 0. The van der Waals surface area contributed by atoms with Crippen LogP contribution < -0.4 is 11.1 Å². The lowest BCUT2D eigenvalue weighted by atomic mass is 10.0. The van der Waals surface area contributed by atoms with Crippen molar-refractivity contribution in [2.24, 2.45) is 0 Å². The summed E-state index contributed by atoms with van der Waals surface area (Å²) in [6.07, 6.45) is 8.56. The molecule has 25 heavy (non-hydrogen) atoms. The number of nitrogens with one attached hydrogen (secondary N) is 1. The van der Waals surface area contributed by atoms with Crippen molar-refractivity contribution < 1.29 is 9.00 Å². The lowest BCUT2D eigenvalue weighted by molar-refractivity contribution is 0.102. The predicted octanol–water partition coefficient (Wildman–Crippen LogP) is 2.89. The summed E-state index contributed by atoms with van der Waals surface area (Å²) in [5.74, 6) is 0.201. The Kier molecular flexibility index (Phi) is 5.75. The average molecular weight is 358 g/mol. The van der Waals surface area contributed by atoms with Crippen molar-refractivity contribution in [2.45, 2.75) is 43.1 Å². The van der Waals surface area contributed by atoms with Crippen LogP contribution in [0.3, 0.4) is 0 Å². The second-order valence-corrected chi connectivity index (χ2v) is 7.95. The van der Waals surface area contributed by atoms with Gasteiger partial charge in [-0.15, -0.1) is 0 Å². The zero-order valence-electron chi connectivity index (χ0n) is 14.0. The van der Waals surface area contributed by atoms with Crippen LogP contribution in [-0.4, -0.2) is 25.3 Å². The summed E-state index contributed by atoms with van der Waals surface area (Å²) in [5.41, 5.74) is 7.36. The molecule has 0 radical (unpaired) electrons. The Morgan fingerprint density at radius 2 is 1.96 bits per heavy atom. The van der Waals surface area contributed by atoms with E-state index in [4.69, 9.17) is 5.73 Å². The van der Waals surface area contributed by atoms with Gasteiger partial charge in [-0.3, -0.25) is 9.00 Å². The van der Waals surface area contributed by atoms with Gasteiger partial charge in [0.1, 0.15) is 0 Å². The van der Waals surface area contributed by atoms with E-state index in [9.17, 15) is 9.00 Å².